The van der Waals surface area contributed by atoms with Gasteiger partial charge in [-0.3, -0.25) is 4.79 Å². The summed E-state index contributed by atoms with van der Waals surface area (Å²) >= 11 is 0. The normalized spacial score (nSPS) is 16.9. The van der Waals surface area contributed by atoms with Gasteiger partial charge in [-0.1, -0.05) is 12.1 Å². The lowest BCUT2D eigenvalue weighted by Crippen LogP contribution is -2.48. The zero-order valence-electron chi connectivity index (χ0n) is 19.9. The molecule has 0 saturated heterocycles. The maximum absolute atomic E-state index is 13.6. The van der Waals surface area contributed by atoms with Gasteiger partial charge in [0.05, 0.1) is 23.5 Å². The van der Waals surface area contributed by atoms with Crippen LogP contribution in [0.3, 0.4) is 0 Å². The molecule has 6 nitrogen and oxygen atoms in total. The molecule has 1 unspecified atom stereocenters. The SMILES string of the molecule is CC(=O)N[C@@H](Cc1cc(F)cc(F)c1)[C@@H](O)CNC1CCCc2ccc(-c3ccc(C)nn3)cc21. The van der Waals surface area contributed by atoms with Gasteiger partial charge < -0.3 is 15.7 Å². The number of hydrogen-bond acceptors (Lipinski definition) is 5. The highest BCUT2D eigenvalue weighted by Crippen LogP contribution is 2.33. The van der Waals surface area contributed by atoms with E-state index in [1.54, 1.807) is 0 Å². The van der Waals surface area contributed by atoms with Crippen molar-refractivity contribution in [2.24, 2.45) is 0 Å². The molecule has 1 heterocycles. The molecule has 0 radical (unpaired) electrons. The van der Waals surface area contributed by atoms with Gasteiger partial charge in [-0.15, -0.1) is 0 Å². The molecule has 0 saturated carbocycles. The summed E-state index contributed by atoms with van der Waals surface area (Å²) in [5.74, 6) is -1.71. The highest BCUT2D eigenvalue weighted by molar-refractivity contribution is 5.73. The van der Waals surface area contributed by atoms with E-state index in [1.807, 2.05) is 19.1 Å². The number of amides is 1. The predicted octanol–water partition coefficient (Wildman–Crippen LogP) is 3.81. The van der Waals surface area contributed by atoms with Crippen LogP contribution >= 0.6 is 0 Å². The van der Waals surface area contributed by atoms with Crippen LogP contribution < -0.4 is 10.6 Å². The molecule has 0 fully saturated rings. The van der Waals surface area contributed by atoms with Crippen LogP contribution in [0.25, 0.3) is 11.3 Å². The topological polar surface area (TPSA) is 87.1 Å². The van der Waals surface area contributed by atoms with E-state index >= 15 is 0 Å². The average molecular weight is 481 g/mol. The van der Waals surface area contributed by atoms with E-state index in [0.29, 0.717) is 5.56 Å². The Morgan fingerprint density at radius 2 is 1.89 bits per heavy atom. The van der Waals surface area contributed by atoms with Gasteiger partial charge in [-0.2, -0.15) is 10.2 Å². The minimum Gasteiger partial charge on any atom is -0.390 e. The van der Waals surface area contributed by atoms with Crippen molar-refractivity contribution >= 4 is 5.91 Å². The molecule has 0 bridgehead atoms. The number of hydrogen-bond donors (Lipinski definition) is 3. The molecule has 3 atom stereocenters. The number of aromatic nitrogens is 2. The summed E-state index contributed by atoms with van der Waals surface area (Å²) in [4.78, 5) is 11.7. The summed E-state index contributed by atoms with van der Waals surface area (Å²) in [6.07, 6.45) is 2.05. The van der Waals surface area contributed by atoms with E-state index in [9.17, 15) is 18.7 Å². The molecule has 2 aromatic carbocycles. The number of aryl methyl sites for hydroxylation is 2. The van der Waals surface area contributed by atoms with Gasteiger partial charge in [0.2, 0.25) is 5.91 Å². The number of carbonyl (C=O) groups is 1. The molecule has 1 aliphatic rings. The first-order valence-electron chi connectivity index (χ1n) is 11.9. The summed E-state index contributed by atoms with van der Waals surface area (Å²) in [5, 5.41) is 25.5. The lowest BCUT2D eigenvalue weighted by molar-refractivity contribution is -0.120. The molecule has 1 aromatic heterocycles. The van der Waals surface area contributed by atoms with Gasteiger partial charge in [-0.25, -0.2) is 8.78 Å². The number of halogens is 2. The second-order valence-electron chi connectivity index (χ2n) is 9.18. The second kappa shape index (κ2) is 11.0. The van der Waals surface area contributed by atoms with E-state index in [2.05, 4.69) is 39.0 Å². The Balaban J connectivity index is 1.48. The zero-order chi connectivity index (χ0) is 24.9. The zero-order valence-corrected chi connectivity index (χ0v) is 19.9. The second-order valence-corrected chi connectivity index (χ2v) is 9.18. The summed E-state index contributed by atoms with van der Waals surface area (Å²) in [7, 11) is 0. The van der Waals surface area contributed by atoms with E-state index in [-0.39, 0.29) is 24.9 Å². The molecule has 1 aliphatic carbocycles. The third-order valence-electron chi connectivity index (χ3n) is 6.36. The van der Waals surface area contributed by atoms with Crippen LogP contribution in [0.4, 0.5) is 8.78 Å². The third-order valence-corrected chi connectivity index (χ3v) is 6.36. The molecule has 3 aromatic rings. The number of nitrogens with zero attached hydrogens (tertiary/aromatic N) is 2. The number of aliphatic hydroxyl groups is 1. The van der Waals surface area contributed by atoms with Gasteiger partial charge in [-0.05, 0) is 79.6 Å². The molecule has 184 valence electrons. The lowest BCUT2D eigenvalue weighted by Gasteiger charge is -2.30. The molecule has 8 heteroatoms. The smallest absolute Gasteiger partial charge is 0.217 e. The van der Waals surface area contributed by atoms with E-state index < -0.39 is 23.8 Å². The first-order valence-corrected chi connectivity index (χ1v) is 11.9. The Kier molecular flexibility index (Phi) is 7.83. The Morgan fingerprint density at radius 3 is 2.57 bits per heavy atom. The van der Waals surface area contributed by atoms with Gasteiger partial charge in [0.15, 0.2) is 0 Å². The van der Waals surface area contributed by atoms with Gasteiger partial charge in [0.1, 0.15) is 11.6 Å². The number of aliphatic hydroxyl groups excluding tert-OH is 1. The van der Waals surface area contributed by atoms with Crippen LogP contribution in [0, 0.1) is 18.6 Å². The van der Waals surface area contributed by atoms with Crippen molar-refractivity contribution in [1.29, 1.82) is 0 Å². The molecule has 4 rings (SSSR count). The number of nitrogens with one attached hydrogen (secondary N) is 2. The van der Waals surface area contributed by atoms with E-state index in [4.69, 9.17) is 0 Å². The monoisotopic (exact) mass is 480 g/mol. The predicted molar refractivity (Wildman–Crippen MR) is 130 cm³/mol. The largest absolute Gasteiger partial charge is 0.390 e. The van der Waals surface area contributed by atoms with Crippen molar-refractivity contribution in [1.82, 2.24) is 20.8 Å². The average Bonchev–Trinajstić information content (AvgIpc) is 2.81. The third kappa shape index (κ3) is 6.46. The first-order chi connectivity index (χ1) is 16.8. The number of rotatable bonds is 8. The summed E-state index contributed by atoms with van der Waals surface area (Å²) < 4.78 is 27.3. The quantitative estimate of drug-likeness (QED) is 0.457. The molecule has 0 spiro atoms. The van der Waals surface area contributed by atoms with Crippen molar-refractivity contribution in [3.63, 3.8) is 0 Å². The summed E-state index contributed by atoms with van der Waals surface area (Å²) in [6, 6.07) is 12.7. The lowest BCUT2D eigenvalue weighted by atomic mass is 9.86. The highest BCUT2D eigenvalue weighted by Gasteiger charge is 2.25. The highest BCUT2D eigenvalue weighted by atomic mass is 19.1. The van der Waals surface area contributed by atoms with Crippen LogP contribution in [0.5, 0.6) is 0 Å². The number of benzene rings is 2. The van der Waals surface area contributed by atoms with Crippen LogP contribution in [-0.2, 0) is 17.6 Å². The summed E-state index contributed by atoms with van der Waals surface area (Å²) in [5.41, 5.74) is 5.42. The Labute approximate surface area is 203 Å². The Morgan fingerprint density at radius 1 is 1.11 bits per heavy atom. The van der Waals surface area contributed by atoms with Crippen molar-refractivity contribution in [3.8, 4) is 11.3 Å². The standard InChI is InChI=1S/C27H30F2N4O2/c1-16-6-9-24(33-32-16)20-8-7-19-4-3-5-25(23(19)13-20)30-15-27(35)26(31-17(2)34)12-18-10-21(28)14-22(29)11-18/h6-11,13-14,25-27,30,35H,3-5,12,15H2,1-2H3,(H,31,34)/t25?,26-,27-/m0/s1. The van der Waals surface area contributed by atoms with Gasteiger partial charge in [0, 0.05) is 31.1 Å². The fraction of sp³-hybridized carbons (Fsp3) is 0.370. The molecule has 35 heavy (non-hydrogen) atoms. The molecule has 3 N–H and O–H groups in total. The fourth-order valence-corrected chi connectivity index (χ4v) is 4.66. The maximum Gasteiger partial charge on any atom is 0.217 e. The Hall–Kier alpha value is -3.23. The number of fused-ring (bicyclic) bond motifs is 1. The molecular formula is C27H30F2N4O2. The van der Waals surface area contributed by atoms with Gasteiger partial charge >= 0.3 is 0 Å². The number of carbonyl (C=O) groups excluding carboxylic acids is 1. The van der Waals surface area contributed by atoms with Crippen molar-refractivity contribution in [2.75, 3.05) is 6.54 Å². The Bertz CT molecular complexity index is 1170. The van der Waals surface area contributed by atoms with Crippen molar-refractivity contribution < 1.29 is 18.7 Å². The minimum absolute atomic E-state index is 0.0244. The molecule has 0 aliphatic heterocycles. The van der Waals surface area contributed by atoms with E-state index in [0.717, 1.165) is 47.8 Å². The van der Waals surface area contributed by atoms with Gasteiger partial charge in [0.25, 0.3) is 0 Å². The van der Waals surface area contributed by atoms with Crippen molar-refractivity contribution in [3.05, 3.63) is 82.5 Å². The van der Waals surface area contributed by atoms with Crippen LogP contribution in [0.15, 0.2) is 48.5 Å². The van der Waals surface area contributed by atoms with E-state index in [1.165, 1.54) is 24.6 Å². The minimum atomic E-state index is -0.957. The first kappa shape index (κ1) is 24.9. The van der Waals surface area contributed by atoms with Crippen molar-refractivity contribution in [2.45, 2.75) is 57.7 Å². The van der Waals surface area contributed by atoms with Crippen LogP contribution in [0.1, 0.15) is 48.2 Å². The fourth-order valence-electron chi connectivity index (χ4n) is 4.66. The molecular weight excluding hydrogens is 450 g/mol. The summed E-state index contributed by atoms with van der Waals surface area (Å²) in [6.45, 7) is 3.46. The maximum atomic E-state index is 13.6. The van der Waals surface area contributed by atoms with Crippen LogP contribution in [-0.4, -0.2) is 39.9 Å². The molecule has 1 amide bonds. The van der Waals surface area contributed by atoms with Crippen LogP contribution in [0.2, 0.25) is 0 Å².